The van der Waals surface area contributed by atoms with Crippen molar-refractivity contribution in [3.63, 3.8) is 0 Å². The summed E-state index contributed by atoms with van der Waals surface area (Å²) < 4.78 is 0. The van der Waals surface area contributed by atoms with E-state index in [0.717, 1.165) is 12.8 Å². The van der Waals surface area contributed by atoms with Crippen LogP contribution < -0.4 is 5.73 Å². The zero-order chi connectivity index (χ0) is 9.56. The third-order valence-electron chi connectivity index (χ3n) is 1.77. The van der Waals surface area contributed by atoms with Gasteiger partial charge in [-0.05, 0) is 12.8 Å². The summed E-state index contributed by atoms with van der Waals surface area (Å²) >= 11 is 0. The zero-order valence-electron chi connectivity index (χ0n) is 7.36. The van der Waals surface area contributed by atoms with Crippen LogP contribution in [0.1, 0.15) is 32.6 Å². The van der Waals surface area contributed by atoms with Crippen LogP contribution in [0.3, 0.4) is 0 Å². The third-order valence-corrected chi connectivity index (χ3v) is 1.77. The van der Waals surface area contributed by atoms with Gasteiger partial charge in [0.2, 0.25) is 0 Å². The van der Waals surface area contributed by atoms with Crippen LogP contribution in [-0.4, -0.2) is 28.3 Å². The largest absolute Gasteiger partial charge is 0.481 e. The van der Waals surface area contributed by atoms with Crippen LogP contribution in [0.25, 0.3) is 0 Å². The van der Waals surface area contributed by atoms with Crippen molar-refractivity contribution in [2.24, 2.45) is 5.73 Å². The van der Waals surface area contributed by atoms with Crippen molar-refractivity contribution in [1.29, 1.82) is 0 Å². The molecule has 4 nitrogen and oxygen atoms in total. The standard InChI is InChI=1S/C8H17NO3/c1-2-3-6(9)7(10)4-5-8(11)12/h6-7,10H,2-5,9H2,1H3,(H,11,12). The molecule has 0 aromatic heterocycles. The normalized spacial score (nSPS) is 15.6. The number of rotatable bonds is 6. The Morgan fingerprint density at radius 1 is 1.50 bits per heavy atom. The van der Waals surface area contributed by atoms with Crippen LogP contribution in [-0.2, 0) is 4.79 Å². The maximum atomic E-state index is 10.1. The number of hydrogen-bond donors (Lipinski definition) is 3. The van der Waals surface area contributed by atoms with Gasteiger partial charge in [0.1, 0.15) is 0 Å². The van der Waals surface area contributed by atoms with E-state index in [1.807, 2.05) is 6.92 Å². The zero-order valence-corrected chi connectivity index (χ0v) is 7.36. The lowest BCUT2D eigenvalue weighted by Crippen LogP contribution is -2.34. The van der Waals surface area contributed by atoms with Crippen LogP contribution in [0.15, 0.2) is 0 Å². The quantitative estimate of drug-likeness (QED) is 0.543. The molecule has 0 aromatic carbocycles. The number of carboxylic acid groups (broad SMARTS) is 1. The van der Waals surface area contributed by atoms with E-state index < -0.39 is 12.1 Å². The first kappa shape index (κ1) is 11.4. The van der Waals surface area contributed by atoms with E-state index in [0.29, 0.717) is 0 Å². The highest BCUT2D eigenvalue weighted by molar-refractivity contribution is 5.66. The van der Waals surface area contributed by atoms with Crippen molar-refractivity contribution >= 4 is 5.97 Å². The highest BCUT2D eigenvalue weighted by Gasteiger charge is 2.14. The van der Waals surface area contributed by atoms with E-state index >= 15 is 0 Å². The minimum absolute atomic E-state index is 0.0153. The van der Waals surface area contributed by atoms with Crippen LogP contribution in [0.4, 0.5) is 0 Å². The van der Waals surface area contributed by atoms with Crippen molar-refractivity contribution in [1.82, 2.24) is 0 Å². The number of aliphatic carboxylic acids is 1. The topological polar surface area (TPSA) is 83.5 Å². The van der Waals surface area contributed by atoms with Crippen LogP contribution in [0.2, 0.25) is 0 Å². The Kier molecular flexibility index (Phi) is 5.66. The minimum atomic E-state index is -0.891. The minimum Gasteiger partial charge on any atom is -0.481 e. The number of nitrogens with two attached hydrogens (primary N) is 1. The molecule has 0 aromatic rings. The molecule has 0 fully saturated rings. The second kappa shape index (κ2) is 5.97. The molecule has 2 unspecified atom stereocenters. The molecule has 0 bridgehead atoms. The number of hydrogen-bond acceptors (Lipinski definition) is 3. The first-order valence-corrected chi connectivity index (χ1v) is 4.23. The van der Waals surface area contributed by atoms with E-state index in [1.54, 1.807) is 0 Å². The monoisotopic (exact) mass is 175 g/mol. The number of carboxylic acids is 1. The summed E-state index contributed by atoms with van der Waals surface area (Å²) in [7, 11) is 0. The fraction of sp³-hybridized carbons (Fsp3) is 0.875. The Bertz CT molecular complexity index is 138. The van der Waals surface area contributed by atoms with Gasteiger partial charge >= 0.3 is 5.97 Å². The number of carbonyl (C=O) groups is 1. The average molecular weight is 175 g/mol. The third kappa shape index (κ3) is 5.09. The van der Waals surface area contributed by atoms with E-state index in [9.17, 15) is 9.90 Å². The molecule has 0 saturated carbocycles. The lowest BCUT2D eigenvalue weighted by molar-refractivity contribution is -0.137. The van der Waals surface area contributed by atoms with Gasteiger partial charge in [-0.25, -0.2) is 0 Å². The lowest BCUT2D eigenvalue weighted by atomic mass is 10.0. The summed E-state index contributed by atoms with van der Waals surface area (Å²) in [6, 6.07) is -0.283. The van der Waals surface area contributed by atoms with Gasteiger partial charge < -0.3 is 15.9 Å². The average Bonchev–Trinajstić information content (AvgIpc) is 2.00. The summed E-state index contributed by atoms with van der Waals surface area (Å²) in [5.41, 5.74) is 5.57. The fourth-order valence-electron chi connectivity index (χ4n) is 1.01. The highest BCUT2D eigenvalue weighted by atomic mass is 16.4. The molecule has 72 valence electrons. The molecule has 0 aliphatic heterocycles. The van der Waals surface area contributed by atoms with E-state index in [-0.39, 0.29) is 18.9 Å². The molecule has 0 spiro atoms. The second-order valence-electron chi connectivity index (χ2n) is 2.95. The van der Waals surface area contributed by atoms with Crippen LogP contribution in [0.5, 0.6) is 0 Å². The summed E-state index contributed by atoms with van der Waals surface area (Å²) in [6.45, 7) is 1.98. The first-order valence-electron chi connectivity index (χ1n) is 4.23. The summed E-state index contributed by atoms with van der Waals surface area (Å²) in [5.74, 6) is -0.891. The van der Waals surface area contributed by atoms with E-state index in [4.69, 9.17) is 10.8 Å². The Hall–Kier alpha value is -0.610. The van der Waals surface area contributed by atoms with Gasteiger partial charge in [-0.3, -0.25) is 4.79 Å². The molecule has 0 heterocycles. The van der Waals surface area contributed by atoms with E-state index in [1.165, 1.54) is 0 Å². The van der Waals surface area contributed by atoms with Crippen molar-refractivity contribution in [2.45, 2.75) is 44.8 Å². The van der Waals surface area contributed by atoms with Gasteiger partial charge in [0, 0.05) is 12.5 Å². The van der Waals surface area contributed by atoms with Gasteiger partial charge in [-0.1, -0.05) is 13.3 Å². The predicted molar refractivity (Wildman–Crippen MR) is 45.8 cm³/mol. The van der Waals surface area contributed by atoms with Gasteiger partial charge in [0.25, 0.3) is 0 Å². The molecule has 4 N–H and O–H groups in total. The molecule has 2 atom stereocenters. The van der Waals surface area contributed by atoms with E-state index in [2.05, 4.69) is 0 Å². The number of aliphatic hydroxyl groups is 1. The Labute approximate surface area is 72.4 Å². The van der Waals surface area contributed by atoms with Gasteiger partial charge in [0.05, 0.1) is 6.10 Å². The molecule has 0 aliphatic carbocycles. The molecular formula is C8H17NO3. The maximum absolute atomic E-state index is 10.1. The highest BCUT2D eigenvalue weighted by Crippen LogP contribution is 2.05. The van der Waals surface area contributed by atoms with Crippen LogP contribution >= 0.6 is 0 Å². The SMILES string of the molecule is CCCC(N)C(O)CCC(=O)O. The molecule has 0 amide bonds. The summed E-state index contributed by atoms with van der Waals surface area (Å²) in [6.07, 6.45) is 1.20. The number of aliphatic hydroxyl groups excluding tert-OH is 1. The Balaban J connectivity index is 3.55. The Morgan fingerprint density at radius 2 is 2.08 bits per heavy atom. The molecule has 0 rings (SSSR count). The van der Waals surface area contributed by atoms with Gasteiger partial charge in [-0.15, -0.1) is 0 Å². The molecule has 4 heteroatoms. The molecule has 0 radical (unpaired) electrons. The van der Waals surface area contributed by atoms with Gasteiger partial charge in [0.15, 0.2) is 0 Å². The Morgan fingerprint density at radius 3 is 2.50 bits per heavy atom. The smallest absolute Gasteiger partial charge is 0.303 e. The summed E-state index contributed by atoms with van der Waals surface area (Å²) in [5, 5.41) is 17.6. The summed E-state index contributed by atoms with van der Waals surface area (Å²) in [4.78, 5) is 10.1. The predicted octanol–water partition coefficient (Wildman–Crippen LogP) is 0.339. The molecule has 0 aliphatic rings. The molecule has 0 saturated heterocycles. The van der Waals surface area contributed by atoms with Crippen LogP contribution in [0, 0.1) is 0 Å². The van der Waals surface area contributed by atoms with Crippen molar-refractivity contribution in [3.05, 3.63) is 0 Å². The first-order chi connectivity index (χ1) is 5.57. The fourth-order valence-corrected chi connectivity index (χ4v) is 1.01. The maximum Gasteiger partial charge on any atom is 0.303 e. The van der Waals surface area contributed by atoms with Crippen molar-refractivity contribution in [3.8, 4) is 0 Å². The second-order valence-corrected chi connectivity index (χ2v) is 2.95. The van der Waals surface area contributed by atoms with Gasteiger partial charge in [-0.2, -0.15) is 0 Å². The van der Waals surface area contributed by atoms with Crippen molar-refractivity contribution < 1.29 is 15.0 Å². The van der Waals surface area contributed by atoms with Crippen molar-refractivity contribution in [2.75, 3.05) is 0 Å². The molecular weight excluding hydrogens is 158 g/mol. The lowest BCUT2D eigenvalue weighted by Gasteiger charge is -2.16. The molecule has 12 heavy (non-hydrogen) atoms.